The first kappa shape index (κ1) is 27.5. The van der Waals surface area contributed by atoms with Gasteiger partial charge in [0.05, 0.1) is 5.56 Å². The second-order valence-corrected chi connectivity index (χ2v) is 9.19. The molecule has 0 atom stereocenters. The van der Waals surface area contributed by atoms with Crippen LogP contribution < -0.4 is 0 Å². The third-order valence-electron chi connectivity index (χ3n) is 6.12. The molecular weight excluding hydrogens is 380 g/mol. The highest BCUT2D eigenvalue weighted by Crippen LogP contribution is 2.21. The summed E-state index contributed by atoms with van der Waals surface area (Å²) in [5.41, 5.74) is 1.50. The monoisotopic (exact) mass is 428 g/mol. The van der Waals surface area contributed by atoms with Gasteiger partial charge in [-0.2, -0.15) is 0 Å². The number of ketones is 1. The van der Waals surface area contributed by atoms with Crippen molar-refractivity contribution in [2.45, 2.75) is 129 Å². The molecule has 0 saturated heterocycles. The molecule has 0 aliphatic heterocycles. The van der Waals surface area contributed by atoms with Gasteiger partial charge < -0.3 is 5.11 Å². The Labute approximate surface area is 192 Å². The fraction of sp³-hybridized carbons (Fsp3) is 0.690. The Morgan fingerprint density at radius 2 is 1.23 bits per heavy atom. The lowest BCUT2D eigenvalue weighted by Crippen LogP contribution is -2.00. The van der Waals surface area contributed by atoms with E-state index in [9.17, 15) is 9.90 Å². The predicted octanol–water partition coefficient (Wildman–Crippen LogP) is 9.48. The number of rotatable bonds is 20. The number of hydrogen-bond acceptors (Lipinski definition) is 2. The summed E-state index contributed by atoms with van der Waals surface area (Å²) < 4.78 is 0. The Morgan fingerprint density at radius 3 is 1.77 bits per heavy atom. The van der Waals surface area contributed by atoms with Crippen LogP contribution >= 0.6 is 0 Å². The minimum Gasteiger partial charge on any atom is -0.507 e. The van der Waals surface area contributed by atoms with Crippen molar-refractivity contribution in [1.29, 1.82) is 0 Å². The van der Waals surface area contributed by atoms with E-state index in [1.165, 1.54) is 96.3 Å². The molecule has 0 fully saturated rings. The summed E-state index contributed by atoms with van der Waals surface area (Å²) in [7, 11) is 0. The van der Waals surface area contributed by atoms with E-state index in [0.29, 0.717) is 12.0 Å². The van der Waals surface area contributed by atoms with E-state index < -0.39 is 0 Å². The highest BCUT2D eigenvalue weighted by molar-refractivity contribution is 5.98. The van der Waals surface area contributed by atoms with E-state index in [1.807, 2.05) is 13.0 Å². The van der Waals surface area contributed by atoms with Crippen molar-refractivity contribution in [2.24, 2.45) is 0 Å². The number of aromatic hydroxyl groups is 1. The molecule has 0 saturated carbocycles. The molecule has 0 heterocycles. The summed E-state index contributed by atoms with van der Waals surface area (Å²) in [6, 6.07) is 5.25. The van der Waals surface area contributed by atoms with Gasteiger partial charge in [-0.1, -0.05) is 108 Å². The quantitative estimate of drug-likeness (QED) is 0.127. The summed E-state index contributed by atoms with van der Waals surface area (Å²) in [6.45, 7) is 4.22. The largest absolute Gasteiger partial charge is 0.507 e. The summed E-state index contributed by atoms with van der Waals surface area (Å²) >= 11 is 0. The highest BCUT2D eigenvalue weighted by Gasteiger charge is 2.10. The van der Waals surface area contributed by atoms with Crippen LogP contribution in [0.5, 0.6) is 5.75 Å². The molecule has 0 aliphatic carbocycles. The average molecular weight is 429 g/mol. The van der Waals surface area contributed by atoms with E-state index >= 15 is 0 Å². The van der Waals surface area contributed by atoms with Crippen molar-refractivity contribution < 1.29 is 9.90 Å². The number of unbranched alkanes of at least 4 members (excludes halogenated alkanes) is 15. The second-order valence-electron chi connectivity index (χ2n) is 9.19. The van der Waals surface area contributed by atoms with Gasteiger partial charge in [-0.3, -0.25) is 4.79 Å². The second kappa shape index (κ2) is 19.1. The van der Waals surface area contributed by atoms with Crippen LogP contribution in [0.4, 0.5) is 0 Å². The molecule has 1 aromatic carbocycles. The van der Waals surface area contributed by atoms with Crippen molar-refractivity contribution in [3.63, 3.8) is 0 Å². The molecule has 0 aromatic heterocycles. The number of carbonyl (C=O) groups excluding carboxylic acids is 1. The Morgan fingerprint density at radius 1 is 0.742 bits per heavy atom. The Hall–Kier alpha value is -1.57. The van der Waals surface area contributed by atoms with Crippen molar-refractivity contribution in [3.05, 3.63) is 41.5 Å². The molecule has 0 bridgehead atoms. The zero-order valence-electron chi connectivity index (χ0n) is 20.5. The first-order valence-electron chi connectivity index (χ1n) is 13.1. The number of benzene rings is 1. The number of phenols is 1. The first-order chi connectivity index (χ1) is 15.1. The van der Waals surface area contributed by atoms with Crippen molar-refractivity contribution >= 4 is 5.78 Å². The van der Waals surface area contributed by atoms with Crippen molar-refractivity contribution in [2.75, 3.05) is 0 Å². The third kappa shape index (κ3) is 15.0. The SMILES string of the molecule is CCCCCCCCC=CCCCCCCCCCCCC(=O)c1cc(C)ccc1O. The van der Waals surface area contributed by atoms with Gasteiger partial charge in [-0.15, -0.1) is 0 Å². The molecule has 1 N–H and O–H groups in total. The van der Waals surface area contributed by atoms with E-state index in [1.54, 1.807) is 12.1 Å². The Kier molecular flexibility index (Phi) is 17.0. The number of hydrogen-bond donors (Lipinski definition) is 1. The Balaban J connectivity index is 1.85. The van der Waals surface area contributed by atoms with E-state index in [4.69, 9.17) is 0 Å². The zero-order chi connectivity index (χ0) is 22.6. The topological polar surface area (TPSA) is 37.3 Å². The van der Waals surface area contributed by atoms with Crippen LogP contribution in [-0.2, 0) is 0 Å². The average Bonchev–Trinajstić information content (AvgIpc) is 2.76. The summed E-state index contributed by atoms with van der Waals surface area (Å²) in [6.07, 6.45) is 27.4. The van der Waals surface area contributed by atoms with E-state index in [-0.39, 0.29) is 11.5 Å². The number of aryl methyl sites for hydroxylation is 1. The maximum Gasteiger partial charge on any atom is 0.166 e. The molecule has 0 radical (unpaired) electrons. The third-order valence-corrected chi connectivity index (χ3v) is 6.12. The number of phenolic OH excluding ortho intramolecular Hbond substituents is 1. The molecule has 176 valence electrons. The Bertz CT molecular complexity index is 603. The molecule has 1 aromatic rings. The molecule has 0 aliphatic rings. The van der Waals surface area contributed by atoms with Gasteiger partial charge in [0.2, 0.25) is 0 Å². The molecule has 31 heavy (non-hydrogen) atoms. The van der Waals surface area contributed by atoms with Gasteiger partial charge in [0.15, 0.2) is 5.78 Å². The van der Waals surface area contributed by atoms with Crippen LogP contribution in [0.2, 0.25) is 0 Å². The van der Waals surface area contributed by atoms with Crippen LogP contribution in [0.1, 0.15) is 138 Å². The molecule has 2 nitrogen and oxygen atoms in total. The highest BCUT2D eigenvalue weighted by atomic mass is 16.3. The normalized spacial score (nSPS) is 11.4. The van der Waals surface area contributed by atoms with Gasteiger partial charge in [0, 0.05) is 6.42 Å². The summed E-state index contributed by atoms with van der Waals surface area (Å²) in [5.74, 6) is 0.186. The fourth-order valence-corrected chi connectivity index (χ4v) is 4.07. The van der Waals surface area contributed by atoms with Crippen molar-refractivity contribution in [1.82, 2.24) is 0 Å². The van der Waals surface area contributed by atoms with Gasteiger partial charge >= 0.3 is 0 Å². The van der Waals surface area contributed by atoms with Crippen LogP contribution in [-0.4, -0.2) is 10.9 Å². The lowest BCUT2D eigenvalue weighted by Gasteiger charge is -2.05. The minimum absolute atomic E-state index is 0.0715. The van der Waals surface area contributed by atoms with Gasteiger partial charge in [-0.05, 0) is 51.2 Å². The lowest BCUT2D eigenvalue weighted by molar-refractivity contribution is 0.0976. The molecule has 0 amide bonds. The van der Waals surface area contributed by atoms with Crippen LogP contribution in [0.3, 0.4) is 0 Å². The zero-order valence-corrected chi connectivity index (χ0v) is 20.5. The fourth-order valence-electron chi connectivity index (χ4n) is 4.07. The van der Waals surface area contributed by atoms with Gasteiger partial charge in [0.25, 0.3) is 0 Å². The predicted molar refractivity (Wildman–Crippen MR) is 135 cm³/mol. The maximum atomic E-state index is 12.2. The van der Waals surface area contributed by atoms with E-state index in [0.717, 1.165) is 18.4 Å². The molecule has 1 rings (SSSR count). The van der Waals surface area contributed by atoms with Crippen LogP contribution in [0.25, 0.3) is 0 Å². The lowest BCUT2D eigenvalue weighted by atomic mass is 10.0. The van der Waals surface area contributed by atoms with Crippen molar-refractivity contribution in [3.8, 4) is 5.75 Å². The van der Waals surface area contributed by atoms with Gasteiger partial charge in [-0.25, -0.2) is 0 Å². The minimum atomic E-state index is 0.0715. The number of Topliss-reactive ketones (excluding diaryl/α,β-unsaturated/α-hetero) is 1. The number of allylic oxidation sites excluding steroid dienone is 2. The first-order valence-corrected chi connectivity index (χ1v) is 13.1. The standard InChI is InChI=1S/C29H48O2/c1-3-4-5-6-7-8-9-10-11-12-13-14-15-16-17-18-19-20-21-22-28(30)27-25-26(2)23-24-29(27)31/h10-11,23-25,31H,3-9,12-22H2,1-2H3. The molecule has 0 unspecified atom stereocenters. The molecular formula is C29H48O2. The maximum absolute atomic E-state index is 12.2. The smallest absolute Gasteiger partial charge is 0.166 e. The van der Waals surface area contributed by atoms with E-state index in [2.05, 4.69) is 19.1 Å². The number of carbonyl (C=O) groups is 1. The summed E-state index contributed by atoms with van der Waals surface area (Å²) in [4.78, 5) is 12.2. The van der Waals surface area contributed by atoms with Crippen LogP contribution in [0, 0.1) is 6.92 Å². The van der Waals surface area contributed by atoms with Gasteiger partial charge in [0.1, 0.15) is 5.75 Å². The molecule has 2 heteroatoms. The summed E-state index contributed by atoms with van der Waals surface area (Å²) in [5, 5.41) is 9.84. The van der Waals surface area contributed by atoms with Crippen LogP contribution in [0.15, 0.2) is 30.4 Å². The molecule has 0 spiro atoms.